The van der Waals surface area contributed by atoms with Crippen LogP contribution < -0.4 is 4.90 Å². The Bertz CT molecular complexity index is 436. The minimum atomic E-state index is -0.103. The summed E-state index contributed by atoms with van der Waals surface area (Å²) in [6.07, 6.45) is 0.489. The Morgan fingerprint density at radius 3 is 2.62 bits per heavy atom. The molecule has 3 nitrogen and oxygen atoms in total. The number of nitrogens with zero attached hydrogens (tertiary/aromatic N) is 1. The normalized spacial score (nSPS) is 16.8. The van der Waals surface area contributed by atoms with E-state index < -0.39 is 0 Å². The van der Waals surface area contributed by atoms with Gasteiger partial charge in [-0.25, -0.2) is 0 Å². The molecule has 1 aromatic rings. The van der Waals surface area contributed by atoms with Crippen LogP contribution >= 0.6 is 15.9 Å². The van der Waals surface area contributed by atoms with Gasteiger partial charge in [0.25, 0.3) is 0 Å². The van der Waals surface area contributed by atoms with Crippen molar-refractivity contribution in [2.24, 2.45) is 0 Å². The first-order chi connectivity index (χ1) is 7.56. The van der Waals surface area contributed by atoms with Gasteiger partial charge in [-0.05, 0) is 30.7 Å². The van der Waals surface area contributed by atoms with Gasteiger partial charge in [-0.15, -0.1) is 0 Å². The molecular formula is C12H12BrNO2. The summed E-state index contributed by atoms with van der Waals surface area (Å²) < 4.78 is 0.951. The maximum atomic E-state index is 11.7. The SMILES string of the molecule is Cc1cc(Br)cc(N2CCC(=O)CC2=O)c1. The number of benzene rings is 1. The lowest BCUT2D eigenvalue weighted by Gasteiger charge is -2.26. The topological polar surface area (TPSA) is 37.4 Å². The van der Waals surface area contributed by atoms with E-state index in [1.165, 1.54) is 0 Å². The average Bonchev–Trinajstić information content (AvgIpc) is 2.15. The number of carbonyl (C=O) groups is 2. The van der Waals surface area contributed by atoms with E-state index in [1.807, 2.05) is 25.1 Å². The lowest BCUT2D eigenvalue weighted by atomic mass is 10.1. The van der Waals surface area contributed by atoms with E-state index in [0.29, 0.717) is 13.0 Å². The Morgan fingerprint density at radius 2 is 2.00 bits per heavy atom. The van der Waals surface area contributed by atoms with Crippen molar-refractivity contribution in [3.8, 4) is 0 Å². The van der Waals surface area contributed by atoms with Gasteiger partial charge < -0.3 is 4.90 Å². The van der Waals surface area contributed by atoms with Crippen molar-refractivity contribution >= 4 is 33.3 Å². The molecule has 1 aromatic carbocycles. The molecule has 2 rings (SSSR count). The van der Waals surface area contributed by atoms with Crippen molar-refractivity contribution < 1.29 is 9.59 Å². The summed E-state index contributed by atoms with van der Waals surface area (Å²) in [5, 5.41) is 0. The van der Waals surface area contributed by atoms with Gasteiger partial charge in [0.1, 0.15) is 5.78 Å². The third kappa shape index (κ3) is 2.32. The largest absolute Gasteiger partial charge is 0.312 e. The van der Waals surface area contributed by atoms with E-state index in [2.05, 4.69) is 15.9 Å². The predicted molar refractivity (Wildman–Crippen MR) is 65.5 cm³/mol. The van der Waals surface area contributed by atoms with Crippen molar-refractivity contribution in [3.05, 3.63) is 28.2 Å². The Labute approximate surface area is 103 Å². The minimum absolute atomic E-state index is 0.0333. The molecule has 1 amide bonds. The van der Waals surface area contributed by atoms with Crippen LogP contribution in [0.25, 0.3) is 0 Å². The zero-order chi connectivity index (χ0) is 11.7. The Hall–Kier alpha value is -1.16. The summed E-state index contributed by atoms with van der Waals surface area (Å²) in [7, 11) is 0. The van der Waals surface area contributed by atoms with Crippen LogP contribution in [0.1, 0.15) is 18.4 Å². The number of piperidine rings is 1. The van der Waals surface area contributed by atoms with E-state index in [-0.39, 0.29) is 18.1 Å². The zero-order valence-electron chi connectivity index (χ0n) is 9.00. The van der Waals surface area contributed by atoms with Gasteiger partial charge in [0.05, 0.1) is 6.42 Å². The van der Waals surface area contributed by atoms with Gasteiger partial charge in [-0.3, -0.25) is 9.59 Å². The van der Waals surface area contributed by atoms with E-state index in [4.69, 9.17) is 0 Å². The van der Waals surface area contributed by atoms with Crippen LogP contribution in [0.2, 0.25) is 0 Å². The number of hydrogen-bond donors (Lipinski definition) is 0. The molecule has 1 saturated heterocycles. The Kier molecular flexibility index (Phi) is 3.10. The van der Waals surface area contributed by atoms with Gasteiger partial charge in [-0.2, -0.15) is 0 Å². The smallest absolute Gasteiger partial charge is 0.234 e. The molecule has 0 radical (unpaired) electrons. The van der Waals surface area contributed by atoms with Crippen molar-refractivity contribution in [1.29, 1.82) is 0 Å². The zero-order valence-corrected chi connectivity index (χ0v) is 10.6. The highest BCUT2D eigenvalue weighted by atomic mass is 79.9. The van der Waals surface area contributed by atoms with Crippen LogP contribution in [0, 0.1) is 6.92 Å². The molecule has 0 aliphatic carbocycles. The summed E-state index contributed by atoms with van der Waals surface area (Å²) in [6, 6.07) is 5.85. The first-order valence-electron chi connectivity index (χ1n) is 5.15. The molecule has 1 heterocycles. The van der Waals surface area contributed by atoms with Gasteiger partial charge >= 0.3 is 0 Å². The van der Waals surface area contributed by atoms with Crippen molar-refractivity contribution in [2.45, 2.75) is 19.8 Å². The van der Waals surface area contributed by atoms with Crippen molar-refractivity contribution in [3.63, 3.8) is 0 Å². The number of Topliss-reactive ketones (excluding diaryl/α,β-unsaturated/α-hetero) is 1. The van der Waals surface area contributed by atoms with Gasteiger partial charge in [0, 0.05) is 23.1 Å². The molecule has 84 valence electrons. The number of rotatable bonds is 1. The van der Waals surface area contributed by atoms with E-state index in [0.717, 1.165) is 15.7 Å². The van der Waals surface area contributed by atoms with Crippen LogP contribution in [0.4, 0.5) is 5.69 Å². The molecule has 0 atom stereocenters. The van der Waals surface area contributed by atoms with Gasteiger partial charge in [0.15, 0.2) is 0 Å². The predicted octanol–water partition coefficient (Wildman–Crippen LogP) is 2.45. The Balaban J connectivity index is 2.30. The number of halogens is 1. The van der Waals surface area contributed by atoms with Crippen molar-refractivity contribution in [1.82, 2.24) is 0 Å². The summed E-state index contributed by atoms with van der Waals surface area (Å²) in [6.45, 7) is 2.47. The van der Waals surface area contributed by atoms with Crippen LogP contribution in [0.3, 0.4) is 0 Å². The molecule has 1 aliphatic rings. The van der Waals surface area contributed by atoms with Gasteiger partial charge in [0.2, 0.25) is 5.91 Å². The molecule has 1 fully saturated rings. The fraction of sp³-hybridized carbons (Fsp3) is 0.333. The molecule has 1 aliphatic heterocycles. The second kappa shape index (κ2) is 4.37. The molecule has 0 saturated carbocycles. The summed E-state index contributed by atoms with van der Waals surface area (Å²) >= 11 is 3.41. The number of ketones is 1. The van der Waals surface area contributed by atoms with E-state index in [9.17, 15) is 9.59 Å². The maximum absolute atomic E-state index is 11.7. The van der Waals surface area contributed by atoms with Gasteiger partial charge in [-0.1, -0.05) is 15.9 Å². The molecule has 16 heavy (non-hydrogen) atoms. The molecule has 0 unspecified atom stereocenters. The highest BCUT2D eigenvalue weighted by molar-refractivity contribution is 9.10. The highest BCUT2D eigenvalue weighted by Crippen LogP contribution is 2.25. The standard InChI is InChI=1S/C12H12BrNO2/c1-8-4-9(13)6-10(5-8)14-3-2-11(15)7-12(14)16/h4-6H,2-3,7H2,1H3. The number of carbonyl (C=O) groups excluding carboxylic acids is 2. The molecular weight excluding hydrogens is 270 g/mol. The molecule has 0 N–H and O–H groups in total. The third-order valence-corrected chi connectivity index (χ3v) is 3.06. The summed E-state index contributed by atoms with van der Waals surface area (Å²) in [5.41, 5.74) is 1.96. The fourth-order valence-corrected chi connectivity index (χ4v) is 2.46. The van der Waals surface area contributed by atoms with E-state index in [1.54, 1.807) is 4.90 Å². The molecule has 0 aromatic heterocycles. The van der Waals surface area contributed by atoms with Crippen LogP contribution in [0.15, 0.2) is 22.7 Å². The highest BCUT2D eigenvalue weighted by Gasteiger charge is 2.24. The lowest BCUT2D eigenvalue weighted by molar-refractivity contribution is -0.128. The second-order valence-corrected chi connectivity index (χ2v) is 4.91. The number of hydrogen-bond acceptors (Lipinski definition) is 2. The summed E-state index contributed by atoms with van der Waals surface area (Å²) in [5.74, 6) is -0.0679. The fourth-order valence-electron chi connectivity index (χ4n) is 1.86. The van der Waals surface area contributed by atoms with Crippen LogP contribution in [-0.4, -0.2) is 18.2 Å². The monoisotopic (exact) mass is 281 g/mol. The van der Waals surface area contributed by atoms with Crippen LogP contribution in [-0.2, 0) is 9.59 Å². The quantitative estimate of drug-likeness (QED) is 0.742. The average molecular weight is 282 g/mol. The third-order valence-electron chi connectivity index (χ3n) is 2.60. The number of amides is 1. The van der Waals surface area contributed by atoms with Crippen LogP contribution in [0.5, 0.6) is 0 Å². The lowest BCUT2D eigenvalue weighted by Crippen LogP contribution is -2.39. The van der Waals surface area contributed by atoms with E-state index >= 15 is 0 Å². The molecule has 0 bridgehead atoms. The minimum Gasteiger partial charge on any atom is -0.312 e. The summed E-state index contributed by atoms with van der Waals surface area (Å²) in [4.78, 5) is 24.5. The Morgan fingerprint density at radius 1 is 1.25 bits per heavy atom. The first kappa shape index (κ1) is 11.3. The molecule has 4 heteroatoms. The second-order valence-electron chi connectivity index (χ2n) is 4.00. The molecule has 0 spiro atoms. The number of aryl methyl sites for hydroxylation is 1. The van der Waals surface area contributed by atoms with Crippen molar-refractivity contribution in [2.75, 3.05) is 11.4 Å². The number of anilines is 1. The maximum Gasteiger partial charge on any atom is 0.234 e. The first-order valence-corrected chi connectivity index (χ1v) is 5.95.